The van der Waals surface area contributed by atoms with Crippen molar-refractivity contribution in [3.8, 4) is 0 Å². The Hall–Kier alpha value is -1.90. The molecule has 2 heterocycles. The number of allylic oxidation sites excluding steroid dienone is 12. The van der Waals surface area contributed by atoms with Crippen LogP contribution in [0, 0.1) is 0 Å². The van der Waals surface area contributed by atoms with E-state index in [2.05, 4.69) is 74.6 Å². The minimum atomic E-state index is 1.02. The lowest BCUT2D eigenvalue weighted by Gasteiger charge is -1.97. The summed E-state index contributed by atoms with van der Waals surface area (Å²) >= 11 is 3.82. The molecule has 2 aromatic heterocycles. The molecule has 0 N–H and O–H groups in total. The first-order valence-corrected chi connectivity index (χ1v) is 9.96. The summed E-state index contributed by atoms with van der Waals surface area (Å²) in [5.74, 6) is 0. The highest BCUT2D eigenvalue weighted by Crippen LogP contribution is 2.40. The van der Waals surface area contributed by atoms with Crippen molar-refractivity contribution in [3.63, 3.8) is 0 Å². The molecule has 0 saturated heterocycles. The molecule has 24 heavy (non-hydrogen) atoms. The van der Waals surface area contributed by atoms with Gasteiger partial charge in [-0.3, -0.25) is 0 Å². The van der Waals surface area contributed by atoms with Crippen molar-refractivity contribution < 1.29 is 0 Å². The quantitative estimate of drug-likeness (QED) is 0.526. The predicted octanol–water partition coefficient (Wildman–Crippen LogP) is 7.54. The van der Waals surface area contributed by atoms with Crippen molar-refractivity contribution in [2.24, 2.45) is 0 Å². The zero-order chi connectivity index (χ0) is 16.5. The third-order valence-corrected chi connectivity index (χ3v) is 6.77. The third kappa shape index (κ3) is 3.17. The number of hydrogen-bond donors (Lipinski definition) is 0. The molecule has 2 heteroatoms. The van der Waals surface area contributed by atoms with Crippen LogP contribution in [0.15, 0.2) is 71.9 Å². The van der Waals surface area contributed by atoms with Crippen LogP contribution in [-0.4, -0.2) is 0 Å². The molecule has 0 bridgehead atoms. The van der Waals surface area contributed by atoms with Crippen molar-refractivity contribution in [3.05, 3.63) is 81.6 Å². The van der Waals surface area contributed by atoms with Crippen molar-refractivity contribution >= 4 is 43.2 Å². The first-order valence-electron chi connectivity index (χ1n) is 8.33. The van der Waals surface area contributed by atoms with Gasteiger partial charge in [0.1, 0.15) is 0 Å². The average molecular weight is 349 g/mol. The summed E-state index contributed by atoms with van der Waals surface area (Å²) in [4.78, 5) is 2.76. The second-order valence-corrected chi connectivity index (χ2v) is 8.47. The van der Waals surface area contributed by atoms with Gasteiger partial charge in [0.25, 0.3) is 0 Å². The standard InChI is InChI=1S/C22H20S2/c1-15-5-3-7-17(11-9-15)19-13-21-22(23-19)14-20(24-21)18-8-4-6-16(2)10-12-18/h5-14H,3-4H2,1-2H3. The van der Waals surface area contributed by atoms with E-state index >= 15 is 0 Å². The van der Waals surface area contributed by atoms with Gasteiger partial charge in [-0.25, -0.2) is 0 Å². The molecular formula is C22H20S2. The minimum Gasteiger partial charge on any atom is -0.134 e. The van der Waals surface area contributed by atoms with E-state index in [1.807, 2.05) is 22.7 Å². The maximum absolute atomic E-state index is 2.36. The Morgan fingerprint density at radius 1 is 0.625 bits per heavy atom. The van der Waals surface area contributed by atoms with Crippen molar-refractivity contribution in [2.45, 2.75) is 26.7 Å². The van der Waals surface area contributed by atoms with Crippen molar-refractivity contribution in [1.82, 2.24) is 0 Å². The van der Waals surface area contributed by atoms with Gasteiger partial charge in [-0.1, -0.05) is 59.8 Å². The highest BCUT2D eigenvalue weighted by molar-refractivity contribution is 7.28. The van der Waals surface area contributed by atoms with Crippen LogP contribution >= 0.6 is 22.7 Å². The van der Waals surface area contributed by atoms with Crippen LogP contribution < -0.4 is 0 Å². The number of rotatable bonds is 2. The maximum atomic E-state index is 2.36. The maximum Gasteiger partial charge on any atom is 0.0463 e. The summed E-state index contributed by atoms with van der Waals surface area (Å²) in [6.07, 6.45) is 20.2. The molecule has 0 aromatic carbocycles. The van der Waals surface area contributed by atoms with E-state index in [-0.39, 0.29) is 0 Å². The lowest BCUT2D eigenvalue weighted by atomic mass is 10.2. The SMILES string of the molecule is CC1=CCC=C(c2cc3sc(C4=CCC=C(C)C=C4)cc3s2)C=C1. The highest BCUT2D eigenvalue weighted by Gasteiger charge is 2.11. The largest absolute Gasteiger partial charge is 0.134 e. The predicted molar refractivity (Wildman–Crippen MR) is 111 cm³/mol. The van der Waals surface area contributed by atoms with E-state index in [9.17, 15) is 0 Å². The Morgan fingerprint density at radius 2 is 1.08 bits per heavy atom. The minimum absolute atomic E-state index is 1.02. The second-order valence-electron chi connectivity index (χ2n) is 6.30. The average Bonchev–Trinajstić information content (AvgIpc) is 2.95. The van der Waals surface area contributed by atoms with E-state index < -0.39 is 0 Å². The topological polar surface area (TPSA) is 0 Å². The van der Waals surface area contributed by atoms with Crippen LogP contribution in [0.1, 0.15) is 36.4 Å². The molecule has 0 spiro atoms. The molecule has 0 saturated carbocycles. The normalized spacial score (nSPS) is 17.9. The van der Waals surface area contributed by atoms with Gasteiger partial charge < -0.3 is 0 Å². The molecule has 0 unspecified atom stereocenters. The first-order chi connectivity index (χ1) is 11.7. The lowest BCUT2D eigenvalue weighted by molar-refractivity contribution is 1.35. The van der Waals surface area contributed by atoms with Gasteiger partial charge in [-0.05, 0) is 50.0 Å². The Balaban J connectivity index is 1.64. The van der Waals surface area contributed by atoms with Gasteiger partial charge in [0.05, 0.1) is 0 Å². The summed E-state index contributed by atoms with van der Waals surface area (Å²) in [7, 11) is 0. The summed E-state index contributed by atoms with van der Waals surface area (Å²) in [6, 6.07) is 4.71. The van der Waals surface area contributed by atoms with Crippen LogP contribution in [0.5, 0.6) is 0 Å². The van der Waals surface area contributed by atoms with E-state index in [0.717, 1.165) is 12.8 Å². The van der Waals surface area contributed by atoms with Crippen LogP contribution in [0.2, 0.25) is 0 Å². The fourth-order valence-electron chi connectivity index (χ4n) is 2.94. The van der Waals surface area contributed by atoms with Crippen LogP contribution in [0.3, 0.4) is 0 Å². The molecule has 2 aliphatic rings. The first kappa shape index (κ1) is 15.6. The summed E-state index contributed by atoms with van der Waals surface area (Å²) in [5, 5.41) is 0. The Morgan fingerprint density at radius 3 is 1.54 bits per heavy atom. The molecule has 120 valence electrons. The smallest absolute Gasteiger partial charge is 0.0463 e. The Labute approximate surface area is 151 Å². The van der Waals surface area contributed by atoms with Gasteiger partial charge in [0.2, 0.25) is 0 Å². The Bertz CT molecular complexity index is 858. The van der Waals surface area contributed by atoms with Gasteiger partial charge in [-0.15, -0.1) is 22.7 Å². The van der Waals surface area contributed by atoms with E-state index in [4.69, 9.17) is 0 Å². The van der Waals surface area contributed by atoms with Crippen LogP contribution in [-0.2, 0) is 0 Å². The zero-order valence-corrected chi connectivity index (χ0v) is 15.6. The van der Waals surface area contributed by atoms with E-state index in [1.54, 1.807) is 0 Å². The van der Waals surface area contributed by atoms with Crippen LogP contribution in [0.4, 0.5) is 0 Å². The monoisotopic (exact) mass is 348 g/mol. The highest BCUT2D eigenvalue weighted by atomic mass is 32.1. The number of fused-ring (bicyclic) bond motifs is 1. The number of thiophene rings is 2. The number of hydrogen-bond acceptors (Lipinski definition) is 2. The summed E-state index contributed by atoms with van der Waals surface area (Å²) in [6.45, 7) is 4.33. The van der Waals surface area contributed by atoms with Gasteiger partial charge in [0, 0.05) is 19.2 Å². The summed E-state index contributed by atoms with van der Waals surface area (Å²) < 4.78 is 2.80. The van der Waals surface area contributed by atoms with Crippen LogP contribution in [0.25, 0.3) is 20.5 Å². The van der Waals surface area contributed by atoms with E-state index in [1.165, 1.54) is 41.4 Å². The molecule has 0 nitrogen and oxygen atoms in total. The molecule has 4 rings (SSSR count). The fourth-order valence-corrected chi connectivity index (χ4v) is 5.38. The molecule has 0 aliphatic heterocycles. The molecule has 2 aromatic rings. The van der Waals surface area contributed by atoms with Crippen molar-refractivity contribution in [2.75, 3.05) is 0 Å². The Kier molecular flexibility index (Phi) is 4.26. The van der Waals surface area contributed by atoms with Crippen molar-refractivity contribution in [1.29, 1.82) is 0 Å². The molecule has 0 fully saturated rings. The zero-order valence-electron chi connectivity index (χ0n) is 14.0. The van der Waals surface area contributed by atoms with Gasteiger partial charge in [0.15, 0.2) is 0 Å². The van der Waals surface area contributed by atoms with Gasteiger partial charge >= 0.3 is 0 Å². The lowest BCUT2D eigenvalue weighted by Crippen LogP contribution is -1.74. The molecule has 0 amide bonds. The fraction of sp³-hybridized carbons (Fsp3) is 0.182. The second kappa shape index (κ2) is 6.54. The molecule has 2 aliphatic carbocycles. The molecular weight excluding hydrogens is 328 g/mol. The molecule has 0 atom stereocenters. The molecule has 0 radical (unpaired) electrons. The third-order valence-electron chi connectivity index (χ3n) is 4.38. The summed E-state index contributed by atoms with van der Waals surface area (Å²) in [5.41, 5.74) is 5.40. The van der Waals surface area contributed by atoms with Gasteiger partial charge in [-0.2, -0.15) is 0 Å². The van der Waals surface area contributed by atoms with E-state index in [0.29, 0.717) is 0 Å².